The number of nitrogens with one attached hydrogen (secondary N) is 4. The molecule has 4 atom stereocenters. The number of aromatic nitrogens is 2. The Labute approximate surface area is 197 Å². The number of carbonyl (C=O) groups excluding carboxylic acids is 4. The van der Waals surface area contributed by atoms with Crippen molar-refractivity contribution in [2.45, 2.75) is 58.2 Å². The van der Waals surface area contributed by atoms with E-state index in [2.05, 4.69) is 25.9 Å². The van der Waals surface area contributed by atoms with Gasteiger partial charge in [-0.1, -0.05) is 32.4 Å². The van der Waals surface area contributed by atoms with Gasteiger partial charge in [-0.25, -0.2) is 4.98 Å². The van der Waals surface area contributed by atoms with Crippen molar-refractivity contribution in [2.75, 3.05) is 0 Å². The van der Waals surface area contributed by atoms with Gasteiger partial charge < -0.3 is 31.8 Å². The second kappa shape index (κ2) is 12.4. The van der Waals surface area contributed by atoms with E-state index in [-0.39, 0.29) is 24.5 Å². The van der Waals surface area contributed by atoms with Crippen LogP contribution in [0, 0.1) is 5.92 Å². The molecule has 34 heavy (non-hydrogen) atoms. The molecule has 11 heteroatoms. The number of aromatic hydroxyl groups is 1. The van der Waals surface area contributed by atoms with Gasteiger partial charge in [0, 0.05) is 31.7 Å². The number of imidazole rings is 1. The van der Waals surface area contributed by atoms with E-state index in [0.29, 0.717) is 17.7 Å². The third kappa shape index (κ3) is 7.91. The molecule has 0 spiro atoms. The van der Waals surface area contributed by atoms with Crippen molar-refractivity contribution < 1.29 is 24.3 Å². The highest BCUT2D eigenvalue weighted by atomic mass is 16.3. The number of phenolic OH excluding ortho intramolecular Hbond substituents is 1. The first-order valence-electron chi connectivity index (χ1n) is 11.0. The number of primary amides is 1. The van der Waals surface area contributed by atoms with Gasteiger partial charge in [-0.15, -0.1) is 0 Å². The van der Waals surface area contributed by atoms with Gasteiger partial charge in [0.2, 0.25) is 23.6 Å². The van der Waals surface area contributed by atoms with Crippen LogP contribution in [-0.4, -0.2) is 56.8 Å². The van der Waals surface area contributed by atoms with Crippen molar-refractivity contribution in [1.82, 2.24) is 25.9 Å². The average molecular weight is 473 g/mol. The molecule has 0 fully saturated rings. The molecule has 0 unspecified atom stereocenters. The van der Waals surface area contributed by atoms with E-state index in [4.69, 9.17) is 5.73 Å². The van der Waals surface area contributed by atoms with Gasteiger partial charge in [-0.2, -0.15) is 0 Å². The number of nitrogens with two attached hydrogens (primary N) is 1. The lowest BCUT2D eigenvalue weighted by Gasteiger charge is -2.28. The highest BCUT2D eigenvalue weighted by Crippen LogP contribution is 2.13. The van der Waals surface area contributed by atoms with Crippen molar-refractivity contribution in [3.8, 4) is 5.75 Å². The van der Waals surface area contributed by atoms with E-state index >= 15 is 0 Å². The molecule has 4 amide bonds. The number of phenols is 1. The van der Waals surface area contributed by atoms with Crippen LogP contribution in [-0.2, 0) is 32.0 Å². The number of amides is 4. The fourth-order valence-corrected chi connectivity index (χ4v) is 3.38. The molecule has 0 saturated carbocycles. The van der Waals surface area contributed by atoms with Crippen LogP contribution in [0.25, 0.3) is 0 Å². The Morgan fingerprint density at radius 2 is 1.71 bits per heavy atom. The van der Waals surface area contributed by atoms with Crippen LogP contribution in [0.15, 0.2) is 36.8 Å². The van der Waals surface area contributed by atoms with Crippen molar-refractivity contribution in [1.29, 1.82) is 0 Å². The summed E-state index contributed by atoms with van der Waals surface area (Å²) in [6.07, 6.45) is 3.83. The van der Waals surface area contributed by atoms with E-state index in [1.54, 1.807) is 19.1 Å². The monoisotopic (exact) mass is 472 g/mol. The fourth-order valence-electron chi connectivity index (χ4n) is 3.38. The summed E-state index contributed by atoms with van der Waals surface area (Å²) in [5, 5.41) is 17.4. The van der Waals surface area contributed by atoms with Gasteiger partial charge in [0.15, 0.2) is 0 Å². The molecule has 0 aliphatic carbocycles. The first kappa shape index (κ1) is 26.4. The number of carbonyl (C=O) groups is 4. The van der Waals surface area contributed by atoms with Crippen LogP contribution in [0.4, 0.5) is 0 Å². The maximum Gasteiger partial charge on any atom is 0.243 e. The molecular weight excluding hydrogens is 440 g/mol. The Balaban J connectivity index is 2.16. The molecule has 1 aromatic carbocycles. The van der Waals surface area contributed by atoms with Crippen molar-refractivity contribution in [3.05, 3.63) is 48.0 Å². The maximum atomic E-state index is 13.1. The summed E-state index contributed by atoms with van der Waals surface area (Å²) >= 11 is 0. The molecule has 0 aliphatic heterocycles. The normalized spacial score (nSPS) is 14.3. The zero-order valence-electron chi connectivity index (χ0n) is 19.5. The summed E-state index contributed by atoms with van der Waals surface area (Å²) in [4.78, 5) is 56.6. The molecule has 1 aromatic heterocycles. The lowest BCUT2D eigenvalue weighted by Crippen LogP contribution is -2.58. The van der Waals surface area contributed by atoms with Gasteiger partial charge in [0.05, 0.1) is 6.33 Å². The van der Waals surface area contributed by atoms with Crippen LogP contribution in [0.2, 0.25) is 0 Å². The van der Waals surface area contributed by atoms with Gasteiger partial charge >= 0.3 is 0 Å². The average Bonchev–Trinajstić information content (AvgIpc) is 3.30. The third-order valence-electron chi connectivity index (χ3n) is 5.50. The van der Waals surface area contributed by atoms with Gasteiger partial charge in [0.1, 0.15) is 23.9 Å². The van der Waals surface area contributed by atoms with Crippen LogP contribution in [0.5, 0.6) is 5.75 Å². The molecule has 0 radical (unpaired) electrons. The molecule has 0 bridgehead atoms. The Kier molecular flexibility index (Phi) is 9.60. The smallest absolute Gasteiger partial charge is 0.243 e. The Morgan fingerprint density at radius 3 is 2.24 bits per heavy atom. The zero-order chi connectivity index (χ0) is 25.3. The number of benzene rings is 1. The van der Waals surface area contributed by atoms with E-state index in [1.165, 1.54) is 31.6 Å². The first-order chi connectivity index (χ1) is 16.1. The van der Waals surface area contributed by atoms with Crippen molar-refractivity contribution in [2.24, 2.45) is 11.7 Å². The molecule has 0 aliphatic rings. The number of nitrogens with zero attached hydrogens (tertiary/aromatic N) is 1. The molecule has 184 valence electrons. The summed E-state index contributed by atoms with van der Waals surface area (Å²) in [5.41, 5.74) is 6.80. The summed E-state index contributed by atoms with van der Waals surface area (Å²) < 4.78 is 0. The quantitative estimate of drug-likeness (QED) is 0.251. The zero-order valence-corrected chi connectivity index (χ0v) is 19.5. The van der Waals surface area contributed by atoms with Gasteiger partial charge in [0.25, 0.3) is 0 Å². The van der Waals surface area contributed by atoms with Crippen molar-refractivity contribution in [3.63, 3.8) is 0 Å². The molecule has 0 saturated heterocycles. The number of aromatic amines is 1. The van der Waals surface area contributed by atoms with E-state index in [9.17, 15) is 24.3 Å². The van der Waals surface area contributed by atoms with Crippen LogP contribution in [0.3, 0.4) is 0 Å². The van der Waals surface area contributed by atoms with Crippen LogP contribution < -0.4 is 21.7 Å². The highest BCUT2D eigenvalue weighted by molar-refractivity contribution is 5.94. The second-order valence-corrected chi connectivity index (χ2v) is 8.24. The minimum absolute atomic E-state index is 0.0805. The molecule has 2 aromatic rings. The second-order valence-electron chi connectivity index (χ2n) is 8.24. The van der Waals surface area contributed by atoms with Gasteiger partial charge in [-0.3, -0.25) is 19.2 Å². The van der Waals surface area contributed by atoms with E-state index < -0.39 is 41.8 Å². The molecule has 1 heterocycles. The Hall–Kier alpha value is -3.89. The summed E-state index contributed by atoms with van der Waals surface area (Å²) in [7, 11) is 0. The third-order valence-corrected chi connectivity index (χ3v) is 5.50. The predicted octanol–water partition coefficient (Wildman–Crippen LogP) is -0.0938. The lowest BCUT2D eigenvalue weighted by molar-refractivity contribution is -0.134. The topological polar surface area (TPSA) is 179 Å². The maximum absolute atomic E-state index is 13.1. The number of rotatable bonds is 12. The standard InChI is InChI=1S/C23H32N6O5/c1-4-13(2)20(23(34)28-18(21(24)32)10-16-11-25-12-26-16)29-22(33)19(27-14(3)30)9-15-5-7-17(31)8-6-15/h5-8,11-13,18-20,31H,4,9-10H2,1-3H3,(H2,24,32)(H,25,26)(H,27,30)(H,28,34)(H,29,33)/t13-,18-,19-,20-/m0/s1. The lowest BCUT2D eigenvalue weighted by atomic mass is 9.96. The molecular formula is C23H32N6O5. The summed E-state index contributed by atoms with van der Waals surface area (Å²) in [6.45, 7) is 4.96. The minimum atomic E-state index is -1.00. The minimum Gasteiger partial charge on any atom is -0.508 e. The van der Waals surface area contributed by atoms with Crippen molar-refractivity contribution >= 4 is 23.6 Å². The first-order valence-corrected chi connectivity index (χ1v) is 11.0. The highest BCUT2D eigenvalue weighted by Gasteiger charge is 2.32. The van der Waals surface area contributed by atoms with Crippen LogP contribution in [0.1, 0.15) is 38.4 Å². The molecule has 11 nitrogen and oxygen atoms in total. The number of hydrogen-bond donors (Lipinski definition) is 6. The predicted molar refractivity (Wildman–Crippen MR) is 124 cm³/mol. The largest absolute Gasteiger partial charge is 0.508 e. The number of H-pyrrole nitrogens is 1. The van der Waals surface area contributed by atoms with E-state index in [1.807, 2.05) is 6.92 Å². The van der Waals surface area contributed by atoms with Crippen LogP contribution >= 0.6 is 0 Å². The van der Waals surface area contributed by atoms with Gasteiger partial charge in [-0.05, 0) is 23.6 Å². The summed E-state index contributed by atoms with van der Waals surface area (Å²) in [5.74, 6) is -2.42. The molecule has 2 rings (SSSR count). The summed E-state index contributed by atoms with van der Waals surface area (Å²) in [6, 6.07) is 3.34. The number of hydrogen-bond acceptors (Lipinski definition) is 6. The Morgan fingerprint density at radius 1 is 1.03 bits per heavy atom. The van der Waals surface area contributed by atoms with E-state index in [0.717, 1.165) is 0 Å². The Bertz CT molecular complexity index is 976. The SMILES string of the molecule is CC[C@H](C)[C@H](NC(=O)[C@H](Cc1ccc(O)cc1)NC(C)=O)C(=O)N[C@@H](Cc1cnc[nH]1)C(N)=O. The molecule has 7 N–H and O–H groups in total. The fraction of sp³-hybridized carbons (Fsp3) is 0.435.